The Labute approximate surface area is 114 Å². The Bertz CT molecular complexity index is 509. The van der Waals surface area contributed by atoms with Crippen LogP contribution < -0.4 is 10.6 Å². The van der Waals surface area contributed by atoms with E-state index in [2.05, 4.69) is 22.8 Å². The molecule has 2 N–H and O–H groups in total. The highest BCUT2D eigenvalue weighted by atomic mass is 16.1. The Kier molecular flexibility index (Phi) is 3.28. The summed E-state index contributed by atoms with van der Waals surface area (Å²) in [6.07, 6.45) is 7.42. The lowest BCUT2D eigenvalue weighted by atomic mass is 9.93. The fourth-order valence-electron chi connectivity index (χ4n) is 3.29. The molecule has 1 saturated carbocycles. The van der Waals surface area contributed by atoms with Crippen molar-refractivity contribution in [2.75, 3.05) is 17.2 Å². The average molecular weight is 256 g/mol. The van der Waals surface area contributed by atoms with Crippen LogP contribution in [0.1, 0.15) is 19.8 Å². The number of hydrogen-bond donors (Lipinski definition) is 2. The van der Waals surface area contributed by atoms with E-state index in [0.29, 0.717) is 0 Å². The summed E-state index contributed by atoms with van der Waals surface area (Å²) in [7, 11) is 0. The highest BCUT2D eigenvalue weighted by Crippen LogP contribution is 2.43. The van der Waals surface area contributed by atoms with E-state index >= 15 is 0 Å². The van der Waals surface area contributed by atoms with Crippen LogP contribution in [0.2, 0.25) is 0 Å². The Morgan fingerprint density at radius 2 is 2.11 bits per heavy atom. The molecule has 1 aromatic carbocycles. The first-order chi connectivity index (χ1) is 9.20. The second kappa shape index (κ2) is 5.08. The first kappa shape index (κ1) is 12.3. The minimum atomic E-state index is -0.0320. The molecule has 1 fully saturated rings. The Balaban J connectivity index is 1.58. The van der Waals surface area contributed by atoms with E-state index in [1.54, 1.807) is 0 Å². The fourth-order valence-corrected chi connectivity index (χ4v) is 3.29. The molecule has 100 valence electrons. The van der Waals surface area contributed by atoms with Crippen molar-refractivity contribution >= 4 is 17.3 Å². The Hall–Kier alpha value is -1.77. The monoisotopic (exact) mass is 256 g/mol. The van der Waals surface area contributed by atoms with Gasteiger partial charge in [-0.2, -0.15) is 0 Å². The number of anilines is 2. The molecule has 0 aliphatic heterocycles. The van der Waals surface area contributed by atoms with Gasteiger partial charge in [-0.15, -0.1) is 0 Å². The first-order valence-electron chi connectivity index (χ1n) is 7.00. The zero-order valence-electron chi connectivity index (χ0n) is 11.2. The van der Waals surface area contributed by atoms with Gasteiger partial charge in [0.25, 0.3) is 0 Å². The van der Waals surface area contributed by atoms with Gasteiger partial charge in [-0.05, 0) is 48.8 Å². The van der Waals surface area contributed by atoms with Gasteiger partial charge in [0.2, 0.25) is 5.91 Å². The standard InChI is InChI=1S/C16H20N2O/c1-11(19)18-16-4-2-3-15(9-16)17-10-14-8-12-5-6-13(14)7-12/h2-6,9,12-14,17H,7-8,10H2,1H3,(H,18,19). The van der Waals surface area contributed by atoms with E-state index in [1.165, 1.54) is 19.8 Å². The second-order valence-electron chi connectivity index (χ2n) is 5.68. The second-order valence-corrected chi connectivity index (χ2v) is 5.68. The molecule has 1 amide bonds. The van der Waals surface area contributed by atoms with E-state index in [1.807, 2.05) is 24.3 Å². The molecule has 0 heterocycles. The lowest BCUT2D eigenvalue weighted by Crippen LogP contribution is -2.18. The molecule has 3 rings (SSSR count). The van der Waals surface area contributed by atoms with E-state index < -0.39 is 0 Å². The highest BCUT2D eigenvalue weighted by Gasteiger charge is 2.35. The third-order valence-corrected chi connectivity index (χ3v) is 4.17. The van der Waals surface area contributed by atoms with Crippen molar-refractivity contribution in [1.82, 2.24) is 0 Å². The summed E-state index contributed by atoms with van der Waals surface area (Å²) in [5.74, 6) is 2.33. The van der Waals surface area contributed by atoms with Crippen LogP contribution in [-0.2, 0) is 4.79 Å². The van der Waals surface area contributed by atoms with E-state index in [0.717, 1.165) is 35.7 Å². The summed E-state index contributed by atoms with van der Waals surface area (Å²) in [4.78, 5) is 11.0. The first-order valence-corrected chi connectivity index (χ1v) is 7.00. The van der Waals surface area contributed by atoms with Gasteiger partial charge in [-0.1, -0.05) is 18.2 Å². The molecule has 3 unspecified atom stereocenters. The molecular weight excluding hydrogens is 236 g/mol. The molecule has 0 radical (unpaired) electrons. The predicted molar refractivity (Wildman–Crippen MR) is 78.1 cm³/mol. The molecule has 3 nitrogen and oxygen atoms in total. The van der Waals surface area contributed by atoms with Gasteiger partial charge < -0.3 is 10.6 Å². The van der Waals surface area contributed by atoms with Crippen LogP contribution in [0, 0.1) is 17.8 Å². The molecule has 1 aromatic rings. The number of hydrogen-bond acceptors (Lipinski definition) is 2. The molecule has 0 saturated heterocycles. The van der Waals surface area contributed by atoms with Gasteiger partial charge in [0.15, 0.2) is 0 Å². The highest BCUT2D eigenvalue weighted by molar-refractivity contribution is 5.89. The van der Waals surface area contributed by atoms with Crippen molar-refractivity contribution in [2.45, 2.75) is 19.8 Å². The van der Waals surface area contributed by atoms with E-state index in [9.17, 15) is 4.79 Å². The minimum absolute atomic E-state index is 0.0320. The number of nitrogens with one attached hydrogen (secondary N) is 2. The van der Waals surface area contributed by atoms with Gasteiger partial charge in [-0.25, -0.2) is 0 Å². The molecule has 2 bridgehead atoms. The number of amides is 1. The quantitative estimate of drug-likeness (QED) is 0.812. The van der Waals surface area contributed by atoms with Crippen LogP contribution in [0.25, 0.3) is 0 Å². The molecule has 0 spiro atoms. The third kappa shape index (κ3) is 2.80. The van der Waals surface area contributed by atoms with Crippen molar-refractivity contribution < 1.29 is 4.79 Å². The van der Waals surface area contributed by atoms with Crippen LogP contribution in [0.15, 0.2) is 36.4 Å². The molecule has 0 aromatic heterocycles. The van der Waals surface area contributed by atoms with Crippen molar-refractivity contribution in [3.63, 3.8) is 0 Å². The average Bonchev–Trinajstić information content (AvgIpc) is 2.98. The smallest absolute Gasteiger partial charge is 0.221 e. The maximum absolute atomic E-state index is 11.0. The van der Waals surface area contributed by atoms with Crippen molar-refractivity contribution in [3.05, 3.63) is 36.4 Å². The van der Waals surface area contributed by atoms with Gasteiger partial charge in [-0.3, -0.25) is 4.79 Å². The van der Waals surface area contributed by atoms with Crippen LogP contribution in [0.3, 0.4) is 0 Å². The third-order valence-electron chi connectivity index (χ3n) is 4.17. The number of carbonyl (C=O) groups excluding carboxylic acids is 1. The molecule has 2 aliphatic carbocycles. The maximum Gasteiger partial charge on any atom is 0.221 e. The molecule has 3 atom stereocenters. The van der Waals surface area contributed by atoms with Crippen LogP contribution in [0.4, 0.5) is 11.4 Å². The number of carbonyl (C=O) groups is 1. The van der Waals surface area contributed by atoms with Crippen LogP contribution in [-0.4, -0.2) is 12.5 Å². The maximum atomic E-state index is 11.0. The topological polar surface area (TPSA) is 41.1 Å². The number of fused-ring (bicyclic) bond motifs is 2. The number of allylic oxidation sites excluding steroid dienone is 2. The lowest BCUT2D eigenvalue weighted by Gasteiger charge is -2.19. The molecule has 19 heavy (non-hydrogen) atoms. The Morgan fingerprint density at radius 3 is 2.79 bits per heavy atom. The molecule has 3 heteroatoms. The normalized spacial score (nSPS) is 27.5. The van der Waals surface area contributed by atoms with Crippen LogP contribution in [0.5, 0.6) is 0 Å². The van der Waals surface area contributed by atoms with Crippen molar-refractivity contribution in [1.29, 1.82) is 0 Å². The fraction of sp³-hybridized carbons (Fsp3) is 0.438. The van der Waals surface area contributed by atoms with Crippen LogP contribution >= 0.6 is 0 Å². The van der Waals surface area contributed by atoms with Gasteiger partial charge >= 0.3 is 0 Å². The summed E-state index contributed by atoms with van der Waals surface area (Å²) < 4.78 is 0. The SMILES string of the molecule is CC(=O)Nc1cccc(NCC2CC3C=CC2C3)c1. The van der Waals surface area contributed by atoms with Gasteiger partial charge in [0, 0.05) is 24.8 Å². The molecular formula is C16H20N2O. The van der Waals surface area contributed by atoms with Crippen molar-refractivity contribution in [2.24, 2.45) is 17.8 Å². The number of rotatable bonds is 4. The Morgan fingerprint density at radius 1 is 1.26 bits per heavy atom. The van der Waals surface area contributed by atoms with Crippen molar-refractivity contribution in [3.8, 4) is 0 Å². The summed E-state index contributed by atoms with van der Waals surface area (Å²) in [5, 5.41) is 6.31. The zero-order valence-corrected chi connectivity index (χ0v) is 11.2. The zero-order chi connectivity index (χ0) is 13.2. The summed E-state index contributed by atoms with van der Waals surface area (Å²) in [6.45, 7) is 2.55. The predicted octanol–water partition coefficient (Wildman–Crippen LogP) is 3.27. The van der Waals surface area contributed by atoms with E-state index in [-0.39, 0.29) is 5.91 Å². The molecule has 2 aliphatic rings. The summed E-state index contributed by atoms with van der Waals surface area (Å²) in [6, 6.07) is 7.92. The van der Waals surface area contributed by atoms with Gasteiger partial charge in [0.05, 0.1) is 0 Å². The lowest BCUT2D eigenvalue weighted by molar-refractivity contribution is -0.114. The summed E-state index contributed by atoms with van der Waals surface area (Å²) >= 11 is 0. The van der Waals surface area contributed by atoms with E-state index in [4.69, 9.17) is 0 Å². The van der Waals surface area contributed by atoms with Gasteiger partial charge in [0.1, 0.15) is 0 Å². The number of benzene rings is 1. The largest absolute Gasteiger partial charge is 0.385 e. The minimum Gasteiger partial charge on any atom is -0.385 e. The summed E-state index contributed by atoms with van der Waals surface area (Å²) in [5.41, 5.74) is 1.93.